The Kier molecular flexibility index (Phi) is 6.91. The SMILES string of the molecule is CCCn1c(=O)n(CCC(=O)NCC2(COC)CCNCC2)c2ccccc21. The summed E-state index contributed by atoms with van der Waals surface area (Å²) in [6.45, 7) is 6.30. The molecule has 0 atom stereocenters. The molecule has 0 spiro atoms. The lowest BCUT2D eigenvalue weighted by Crippen LogP contribution is -2.47. The molecule has 0 bridgehead atoms. The van der Waals surface area contributed by atoms with Crippen LogP contribution in [0.15, 0.2) is 29.1 Å². The molecule has 0 unspecified atom stereocenters. The van der Waals surface area contributed by atoms with Gasteiger partial charge in [0.05, 0.1) is 17.6 Å². The molecule has 2 heterocycles. The van der Waals surface area contributed by atoms with Gasteiger partial charge in [-0.05, 0) is 44.5 Å². The number of fused-ring (bicyclic) bond motifs is 1. The number of aryl methyl sites for hydroxylation is 2. The first-order valence-corrected chi connectivity index (χ1v) is 10.2. The molecule has 1 amide bonds. The summed E-state index contributed by atoms with van der Waals surface area (Å²) >= 11 is 0. The molecule has 7 heteroatoms. The number of nitrogens with one attached hydrogen (secondary N) is 2. The Morgan fingerprint density at radius 3 is 2.43 bits per heavy atom. The molecule has 1 aliphatic rings. The van der Waals surface area contributed by atoms with Crippen LogP contribution < -0.4 is 16.3 Å². The Bertz CT molecular complexity index is 843. The summed E-state index contributed by atoms with van der Waals surface area (Å²) in [5.41, 5.74) is 1.79. The molecule has 1 saturated heterocycles. The number of aromatic nitrogens is 2. The minimum Gasteiger partial charge on any atom is -0.384 e. The van der Waals surface area contributed by atoms with E-state index in [1.165, 1.54) is 0 Å². The normalized spacial score (nSPS) is 16.4. The maximum atomic E-state index is 12.8. The molecule has 0 aliphatic carbocycles. The highest BCUT2D eigenvalue weighted by molar-refractivity contribution is 5.78. The van der Waals surface area contributed by atoms with E-state index >= 15 is 0 Å². The molecular formula is C21H32N4O3. The zero-order valence-corrected chi connectivity index (χ0v) is 17.0. The van der Waals surface area contributed by atoms with Crippen LogP contribution >= 0.6 is 0 Å². The third-order valence-corrected chi connectivity index (χ3v) is 5.71. The molecule has 2 aromatic rings. The highest BCUT2D eigenvalue weighted by Crippen LogP contribution is 2.28. The van der Waals surface area contributed by atoms with Gasteiger partial charge in [0.1, 0.15) is 0 Å². The number of para-hydroxylation sites is 2. The van der Waals surface area contributed by atoms with Crippen LogP contribution in [-0.2, 0) is 22.6 Å². The van der Waals surface area contributed by atoms with Gasteiger partial charge in [0.2, 0.25) is 5.91 Å². The number of nitrogens with zero attached hydrogens (tertiary/aromatic N) is 2. The summed E-state index contributed by atoms with van der Waals surface area (Å²) in [4.78, 5) is 25.3. The van der Waals surface area contributed by atoms with Crippen LogP contribution in [0.1, 0.15) is 32.6 Å². The van der Waals surface area contributed by atoms with Crippen molar-refractivity contribution in [2.75, 3.05) is 33.4 Å². The first-order valence-electron chi connectivity index (χ1n) is 10.2. The highest BCUT2D eigenvalue weighted by atomic mass is 16.5. The van der Waals surface area contributed by atoms with E-state index in [1.807, 2.05) is 24.3 Å². The predicted molar refractivity (Wildman–Crippen MR) is 111 cm³/mol. The number of piperidine rings is 1. The number of carbonyl (C=O) groups excluding carboxylic acids is 1. The Labute approximate surface area is 166 Å². The van der Waals surface area contributed by atoms with E-state index in [0.29, 0.717) is 32.7 Å². The lowest BCUT2D eigenvalue weighted by Gasteiger charge is -2.37. The molecule has 1 aromatic carbocycles. The Morgan fingerprint density at radius 2 is 1.82 bits per heavy atom. The van der Waals surface area contributed by atoms with Crippen molar-refractivity contribution >= 4 is 16.9 Å². The first kappa shape index (κ1) is 20.6. The molecule has 7 nitrogen and oxygen atoms in total. The number of carbonyl (C=O) groups is 1. The van der Waals surface area contributed by atoms with Gasteiger partial charge in [0.25, 0.3) is 0 Å². The van der Waals surface area contributed by atoms with Gasteiger partial charge < -0.3 is 15.4 Å². The van der Waals surface area contributed by atoms with Crippen molar-refractivity contribution in [3.8, 4) is 0 Å². The average molecular weight is 389 g/mol. The van der Waals surface area contributed by atoms with Crippen molar-refractivity contribution in [3.05, 3.63) is 34.7 Å². The molecule has 3 rings (SSSR count). The fourth-order valence-electron chi connectivity index (χ4n) is 4.15. The maximum Gasteiger partial charge on any atom is 0.329 e. The highest BCUT2D eigenvalue weighted by Gasteiger charge is 2.32. The van der Waals surface area contributed by atoms with Crippen molar-refractivity contribution < 1.29 is 9.53 Å². The monoisotopic (exact) mass is 388 g/mol. The predicted octanol–water partition coefficient (Wildman–Crippen LogP) is 1.74. The van der Waals surface area contributed by atoms with Crippen molar-refractivity contribution in [1.29, 1.82) is 0 Å². The zero-order chi connectivity index (χ0) is 20.0. The van der Waals surface area contributed by atoms with E-state index in [2.05, 4.69) is 17.6 Å². The summed E-state index contributed by atoms with van der Waals surface area (Å²) in [5.74, 6) is -0.0202. The second-order valence-corrected chi connectivity index (χ2v) is 7.78. The molecule has 1 fully saturated rings. The molecule has 0 saturated carbocycles. The number of benzene rings is 1. The summed E-state index contributed by atoms with van der Waals surface area (Å²) in [6, 6.07) is 7.79. The standard InChI is InChI=1S/C21H32N4O3/c1-3-13-24-17-6-4-5-7-18(17)25(20(24)27)14-8-19(26)23-15-21(16-28-2)9-11-22-12-10-21/h4-7,22H,3,8-16H2,1-2H3,(H,23,26). The molecule has 1 aromatic heterocycles. The van der Waals surface area contributed by atoms with Crippen LogP contribution in [0.5, 0.6) is 0 Å². The van der Waals surface area contributed by atoms with Gasteiger partial charge >= 0.3 is 5.69 Å². The number of methoxy groups -OCH3 is 1. The number of rotatable bonds is 9. The van der Waals surface area contributed by atoms with Crippen LogP contribution in [0.3, 0.4) is 0 Å². The smallest absolute Gasteiger partial charge is 0.329 e. The lowest BCUT2D eigenvalue weighted by atomic mass is 9.79. The molecular weight excluding hydrogens is 356 g/mol. The lowest BCUT2D eigenvalue weighted by molar-refractivity contribution is -0.122. The van der Waals surface area contributed by atoms with Gasteiger partial charge in [0.15, 0.2) is 0 Å². The van der Waals surface area contributed by atoms with Crippen LogP contribution in [0.25, 0.3) is 11.0 Å². The zero-order valence-electron chi connectivity index (χ0n) is 17.0. The molecule has 0 radical (unpaired) electrons. The summed E-state index contributed by atoms with van der Waals surface area (Å²) in [6.07, 6.45) is 3.17. The fourth-order valence-corrected chi connectivity index (χ4v) is 4.15. The molecule has 2 N–H and O–H groups in total. The number of hydrogen-bond acceptors (Lipinski definition) is 4. The topological polar surface area (TPSA) is 77.3 Å². The average Bonchev–Trinajstić information content (AvgIpc) is 2.98. The Balaban J connectivity index is 1.65. The van der Waals surface area contributed by atoms with Crippen LogP contribution in [0.4, 0.5) is 0 Å². The quantitative estimate of drug-likeness (QED) is 0.686. The second kappa shape index (κ2) is 9.39. The van der Waals surface area contributed by atoms with Crippen molar-refractivity contribution in [1.82, 2.24) is 19.8 Å². The van der Waals surface area contributed by atoms with Gasteiger partial charge in [-0.1, -0.05) is 19.1 Å². The van der Waals surface area contributed by atoms with E-state index in [4.69, 9.17) is 4.74 Å². The van der Waals surface area contributed by atoms with E-state index in [0.717, 1.165) is 43.4 Å². The molecule has 28 heavy (non-hydrogen) atoms. The fraction of sp³-hybridized carbons (Fsp3) is 0.619. The number of imidazole rings is 1. The molecule has 1 aliphatic heterocycles. The minimum absolute atomic E-state index is 0.00362. The minimum atomic E-state index is -0.0370. The van der Waals surface area contributed by atoms with Crippen LogP contribution in [-0.4, -0.2) is 48.4 Å². The van der Waals surface area contributed by atoms with Crippen molar-refractivity contribution in [2.45, 2.75) is 45.7 Å². The third-order valence-electron chi connectivity index (χ3n) is 5.71. The van der Waals surface area contributed by atoms with Crippen molar-refractivity contribution in [3.63, 3.8) is 0 Å². The third kappa shape index (κ3) is 4.47. The largest absolute Gasteiger partial charge is 0.384 e. The number of ether oxygens (including phenoxy) is 1. The van der Waals surface area contributed by atoms with Gasteiger partial charge in [-0.3, -0.25) is 13.9 Å². The van der Waals surface area contributed by atoms with E-state index in [9.17, 15) is 9.59 Å². The number of amides is 1. The summed E-state index contributed by atoms with van der Waals surface area (Å²) in [5, 5.41) is 6.44. The Hall–Kier alpha value is -2.12. The number of hydrogen-bond donors (Lipinski definition) is 2. The van der Waals surface area contributed by atoms with E-state index in [1.54, 1.807) is 16.2 Å². The van der Waals surface area contributed by atoms with Gasteiger partial charge in [0, 0.05) is 38.6 Å². The van der Waals surface area contributed by atoms with E-state index in [-0.39, 0.29) is 17.0 Å². The molecule has 154 valence electrons. The maximum absolute atomic E-state index is 12.8. The van der Waals surface area contributed by atoms with Gasteiger partial charge in [-0.15, -0.1) is 0 Å². The van der Waals surface area contributed by atoms with E-state index < -0.39 is 0 Å². The van der Waals surface area contributed by atoms with Crippen LogP contribution in [0, 0.1) is 5.41 Å². The van der Waals surface area contributed by atoms with Gasteiger partial charge in [-0.2, -0.15) is 0 Å². The first-order chi connectivity index (χ1) is 13.6. The summed E-state index contributed by atoms with van der Waals surface area (Å²) < 4.78 is 8.93. The summed E-state index contributed by atoms with van der Waals surface area (Å²) in [7, 11) is 1.71. The Morgan fingerprint density at radius 1 is 1.18 bits per heavy atom. The van der Waals surface area contributed by atoms with Crippen molar-refractivity contribution in [2.24, 2.45) is 5.41 Å². The second-order valence-electron chi connectivity index (χ2n) is 7.78. The van der Waals surface area contributed by atoms with Gasteiger partial charge in [-0.25, -0.2) is 4.79 Å². The van der Waals surface area contributed by atoms with Crippen LogP contribution in [0.2, 0.25) is 0 Å².